The van der Waals surface area contributed by atoms with Gasteiger partial charge in [-0.3, -0.25) is 4.79 Å². The lowest BCUT2D eigenvalue weighted by Crippen LogP contribution is -2.26. The first-order chi connectivity index (χ1) is 7.13. The van der Waals surface area contributed by atoms with Crippen molar-refractivity contribution < 1.29 is 4.79 Å². The van der Waals surface area contributed by atoms with Gasteiger partial charge in [-0.2, -0.15) is 0 Å². The zero-order valence-corrected chi connectivity index (χ0v) is 9.10. The fraction of sp³-hybridized carbons (Fsp3) is 0.222. The first-order valence-corrected chi connectivity index (χ1v) is 4.74. The van der Waals surface area contributed by atoms with Crippen LogP contribution in [-0.4, -0.2) is 29.5 Å². The van der Waals surface area contributed by atoms with E-state index in [2.05, 4.69) is 15.6 Å². The lowest BCUT2D eigenvalue weighted by atomic mass is 10.3. The van der Waals surface area contributed by atoms with Crippen molar-refractivity contribution in [1.82, 2.24) is 10.3 Å². The molecule has 0 radical (unpaired) electrons. The Hall–Kier alpha value is -1.69. The molecular weight excluding hydrogens is 212 g/mol. The van der Waals surface area contributed by atoms with Crippen LogP contribution in [0.5, 0.6) is 0 Å². The monoisotopic (exact) mass is 224 g/mol. The number of amides is 1. The third-order valence-electron chi connectivity index (χ3n) is 1.76. The summed E-state index contributed by atoms with van der Waals surface area (Å²) in [5.74, 6) is 0.508. The van der Waals surface area contributed by atoms with Gasteiger partial charge in [-0.1, -0.05) is 12.2 Å². The second-order valence-corrected chi connectivity index (χ2v) is 3.26. The Bertz CT molecular complexity index is 363. The zero-order valence-electron chi connectivity index (χ0n) is 8.28. The fourth-order valence-corrected chi connectivity index (χ4v) is 1.02. The molecule has 1 rings (SSSR count). The van der Waals surface area contributed by atoms with Gasteiger partial charge in [0.05, 0.1) is 6.54 Å². The van der Waals surface area contributed by atoms with Crippen molar-refractivity contribution >= 4 is 28.9 Å². The molecule has 0 aliphatic carbocycles. The van der Waals surface area contributed by atoms with Crippen molar-refractivity contribution in [2.24, 2.45) is 5.73 Å². The van der Waals surface area contributed by atoms with E-state index in [-0.39, 0.29) is 12.5 Å². The molecule has 5 nitrogen and oxygen atoms in total. The first kappa shape index (κ1) is 11.4. The standard InChI is InChI=1S/C9H12N4OS/c1-11-8(14)5-13-7-3-2-6(4-12-7)9(10)15/h2-4H,5H2,1H3,(H2,10,15)(H,11,14)(H,12,13). The summed E-state index contributed by atoms with van der Waals surface area (Å²) in [6.07, 6.45) is 1.56. The number of hydrogen-bond acceptors (Lipinski definition) is 4. The predicted octanol–water partition coefficient (Wildman–Crippen LogP) is -0.126. The Morgan fingerprint density at radius 3 is 2.80 bits per heavy atom. The van der Waals surface area contributed by atoms with Crippen molar-refractivity contribution in [3.8, 4) is 0 Å². The van der Waals surface area contributed by atoms with Gasteiger partial charge in [0.1, 0.15) is 10.8 Å². The Morgan fingerprint density at radius 2 is 2.33 bits per heavy atom. The number of pyridine rings is 1. The molecule has 6 heteroatoms. The molecule has 0 bridgehead atoms. The minimum Gasteiger partial charge on any atom is -0.389 e. The van der Waals surface area contributed by atoms with Crippen molar-refractivity contribution in [1.29, 1.82) is 0 Å². The second kappa shape index (κ2) is 5.26. The molecule has 1 heterocycles. The largest absolute Gasteiger partial charge is 0.389 e. The van der Waals surface area contributed by atoms with Crippen LogP contribution in [0.25, 0.3) is 0 Å². The SMILES string of the molecule is CNC(=O)CNc1ccc(C(N)=S)cn1. The van der Waals surface area contributed by atoms with Crippen molar-refractivity contribution in [3.05, 3.63) is 23.9 Å². The van der Waals surface area contributed by atoms with Gasteiger partial charge in [0.15, 0.2) is 0 Å². The van der Waals surface area contributed by atoms with Gasteiger partial charge < -0.3 is 16.4 Å². The van der Waals surface area contributed by atoms with Crippen LogP contribution in [0.2, 0.25) is 0 Å². The fourth-order valence-electron chi connectivity index (χ4n) is 0.903. The second-order valence-electron chi connectivity index (χ2n) is 2.82. The Labute approximate surface area is 93.1 Å². The van der Waals surface area contributed by atoms with Crippen LogP contribution in [0.15, 0.2) is 18.3 Å². The number of nitrogens with two attached hydrogens (primary N) is 1. The summed E-state index contributed by atoms with van der Waals surface area (Å²) in [5.41, 5.74) is 6.12. The summed E-state index contributed by atoms with van der Waals surface area (Å²) in [6.45, 7) is 0.190. The highest BCUT2D eigenvalue weighted by Gasteiger charge is 2.00. The molecule has 4 N–H and O–H groups in total. The number of rotatable bonds is 4. The van der Waals surface area contributed by atoms with Crippen LogP contribution in [0.1, 0.15) is 5.56 Å². The molecule has 0 aliphatic heterocycles. The third-order valence-corrected chi connectivity index (χ3v) is 1.99. The van der Waals surface area contributed by atoms with E-state index in [9.17, 15) is 4.79 Å². The molecule has 0 aliphatic rings. The number of carbonyl (C=O) groups excluding carboxylic acids is 1. The summed E-state index contributed by atoms with van der Waals surface area (Å²) < 4.78 is 0. The number of nitrogens with one attached hydrogen (secondary N) is 2. The van der Waals surface area contributed by atoms with Crippen LogP contribution in [0.3, 0.4) is 0 Å². The highest BCUT2D eigenvalue weighted by molar-refractivity contribution is 7.80. The van der Waals surface area contributed by atoms with Gasteiger partial charge in [-0.05, 0) is 12.1 Å². The molecule has 0 aromatic carbocycles. The molecule has 1 amide bonds. The van der Waals surface area contributed by atoms with Crippen molar-refractivity contribution in [2.75, 3.05) is 18.9 Å². The Balaban J connectivity index is 2.57. The minimum absolute atomic E-state index is 0.102. The van der Waals surface area contributed by atoms with Gasteiger partial charge in [-0.25, -0.2) is 4.98 Å². The number of thiocarbonyl (C=S) groups is 1. The van der Waals surface area contributed by atoms with Gasteiger partial charge in [0.2, 0.25) is 5.91 Å². The summed E-state index contributed by atoms with van der Waals surface area (Å²) in [4.78, 5) is 15.3. The van der Waals surface area contributed by atoms with E-state index < -0.39 is 0 Å². The average molecular weight is 224 g/mol. The van der Waals surface area contributed by atoms with Crippen molar-refractivity contribution in [3.63, 3.8) is 0 Å². The Morgan fingerprint density at radius 1 is 1.60 bits per heavy atom. The van der Waals surface area contributed by atoms with Gasteiger partial charge in [0, 0.05) is 18.8 Å². The molecule has 80 valence electrons. The number of anilines is 1. The number of hydrogen-bond donors (Lipinski definition) is 3. The molecule has 1 aromatic heterocycles. The van der Waals surface area contributed by atoms with Crippen LogP contribution >= 0.6 is 12.2 Å². The van der Waals surface area contributed by atoms with Gasteiger partial charge >= 0.3 is 0 Å². The third kappa shape index (κ3) is 3.51. The minimum atomic E-state index is -0.102. The van der Waals surface area contributed by atoms with E-state index in [0.717, 1.165) is 0 Å². The highest BCUT2D eigenvalue weighted by atomic mass is 32.1. The van der Waals surface area contributed by atoms with E-state index in [1.807, 2.05) is 0 Å². The van der Waals surface area contributed by atoms with Crippen LogP contribution in [-0.2, 0) is 4.79 Å². The summed E-state index contributed by atoms with van der Waals surface area (Å²) in [7, 11) is 1.58. The van der Waals surface area contributed by atoms with E-state index in [4.69, 9.17) is 18.0 Å². The van der Waals surface area contributed by atoms with E-state index >= 15 is 0 Å². The molecular formula is C9H12N4OS. The maximum Gasteiger partial charge on any atom is 0.239 e. The van der Waals surface area contributed by atoms with Crippen LogP contribution in [0.4, 0.5) is 5.82 Å². The number of nitrogens with zero attached hydrogens (tertiary/aromatic N) is 1. The summed E-state index contributed by atoms with van der Waals surface area (Å²) in [5, 5.41) is 5.35. The molecule has 0 spiro atoms. The smallest absolute Gasteiger partial charge is 0.239 e. The van der Waals surface area contributed by atoms with E-state index in [1.54, 1.807) is 25.4 Å². The molecule has 15 heavy (non-hydrogen) atoms. The normalized spacial score (nSPS) is 9.40. The molecule has 0 atom stereocenters. The Kier molecular flexibility index (Phi) is 3.99. The zero-order chi connectivity index (χ0) is 11.3. The molecule has 0 saturated heterocycles. The average Bonchev–Trinajstić information content (AvgIpc) is 2.26. The van der Waals surface area contributed by atoms with Crippen molar-refractivity contribution in [2.45, 2.75) is 0 Å². The molecule has 0 saturated carbocycles. The summed E-state index contributed by atoms with van der Waals surface area (Å²) in [6, 6.07) is 3.47. The maximum atomic E-state index is 10.9. The number of carbonyl (C=O) groups is 1. The lowest BCUT2D eigenvalue weighted by molar-refractivity contribution is -0.118. The topological polar surface area (TPSA) is 80.0 Å². The lowest BCUT2D eigenvalue weighted by Gasteiger charge is -2.04. The molecule has 0 fully saturated rings. The van der Waals surface area contributed by atoms with E-state index in [1.165, 1.54) is 0 Å². The quantitative estimate of drug-likeness (QED) is 0.621. The highest BCUT2D eigenvalue weighted by Crippen LogP contribution is 2.04. The van der Waals surface area contributed by atoms with Gasteiger partial charge in [0.25, 0.3) is 0 Å². The molecule has 1 aromatic rings. The number of likely N-dealkylation sites (N-methyl/N-ethyl adjacent to an activating group) is 1. The number of aromatic nitrogens is 1. The van der Waals surface area contributed by atoms with Gasteiger partial charge in [-0.15, -0.1) is 0 Å². The maximum absolute atomic E-state index is 10.9. The predicted molar refractivity (Wildman–Crippen MR) is 62.7 cm³/mol. The van der Waals surface area contributed by atoms with Crippen LogP contribution < -0.4 is 16.4 Å². The van der Waals surface area contributed by atoms with E-state index in [0.29, 0.717) is 16.4 Å². The molecule has 0 unspecified atom stereocenters. The van der Waals surface area contributed by atoms with Crippen LogP contribution in [0, 0.1) is 0 Å². The summed E-state index contributed by atoms with van der Waals surface area (Å²) >= 11 is 4.78. The first-order valence-electron chi connectivity index (χ1n) is 4.34.